The summed E-state index contributed by atoms with van der Waals surface area (Å²) in [4.78, 5) is 3.17. The summed E-state index contributed by atoms with van der Waals surface area (Å²) in [7, 11) is 0. The monoisotopic (exact) mass is 574 g/mol. The van der Waals surface area contributed by atoms with Crippen molar-refractivity contribution in [2.75, 3.05) is 6.54 Å². The Balaban J connectivity index is 2.01. The van der Waals surface area contributed by atoms with Crippen LogP contribution in [0.4, 0.5) is 48.3 Å². The minimum absolute atomic E-state index is 0.0283. The minimum atomic E-state index is -5.96. The third kappa shape index (κ3) is 7.35. The van der Waals surface area contributed by atoms with Gasteiger partial charge in [0.2, 0.25) is 0 Å². The van der Waals surface area contributed by atoms with Crippen molar-refractivity contribution in [2.24, 2.45) is 0 Å². The molecule has 0 aliphatic heterocycles. The molecule has 2 N–H and O–H groups in total. The molecule has 2 atom stereocenters. The highest BCUT2D eigenvalue weighted by atomic mass is 19.4. The molecule has 212 valence electrons. The van der Waals surface area contributed by atoms with E-state index >= 15 is 0 Å². The first-order valence-corrected chi connectivity index (χ1v) is 10.7. The molecule has 1 aromatic heterocycles. The number of nitrogens with zero attached hydrogens (tertiary/aromatic N) is 1. The maximum atomic E-state index is 14.0. The Morgan fingerprint density at radius 2 is 1.36 bits per heavy atom. The van der Waals surface area contributed by atoms with Gasteiger partial charge in [0.25, 0.3) is 0 Å². The maximum Gasteiger partial charge on any atom is 0.458 e. The second-order valence-corrected chi connectivity index (χ2v) is 8.15. The Morgan fingerprint density at radius 3 is 1.95 bits per heavy atom. The third-order valence-corrected chi connectivity index (χ3v) is 5.28. The van der Waals surface area contributed by atoms with Crippen LogP contribution in [0.15, 0.2) is 66.9 Å². The number of halogens is 11. The number of rotatable bonds is 8. The first-order valence-electron chi connectivity index (χ1n) is 10.7. The molecule has 0 fully saturated rings. The molecule has 2 unspecified atom stereocenters. The van der Waals surface area contributed by atoms with Crippen LogP contribution in [0, 0.1) is 0 Å². The molecule has 1 heterocycles. The van der Waals surface area contributed by atoms with E-state index < -0.39 is 54.4 Å². The fourth-order valence-corrected chi connectivity index (χ4v) is 3.37. The van der Waals surface area contributed by atoms with Gasteiger partial charge in [0.1, 0.15) is 17.2 Å². The molecule has 0 bridgehead atoms. The van der Waals surface area contributed by atoms with Gasteiger partial charge in [-0.2, -0.15) is 48.3 Å². The topological polar surface area (TPSA) is 54.4 Å². The summed E-state index contributed by atoms with van der Waals surface area (Å²) in [6.45, 7) is -1.18. The van der Waals surface area contributed by atoms with Gasteiger partial charge >= 0.3 is 24.5 Å². The Morgan fingerprint density at radius 1 is 0.769 bits per heavy atom. The summed E-state index contributed by atoms with van der Waals surface area (Å²) < 4.78 is 149. The normalized spacial score (nSPS) is 14.7. The molecule has 0 saturated heterocycles. The van der Waals surface area contributed by atoms with Crippen LogP contribution in [0.1, 0.15) is 28.4 Å². The number of nitrogens with one attached hydrogen (secondary N) is 1. The van der Waals surface area contributed by atoms with Crippen LogP contribution in [0.5, 0.6) is 11.5 Å². The number of alkyl halides is 11. The first-order chi connectivity index (χ1) is 17.9. The van der Waals surface area contributed by atoms with Gasteiger partial charge in [-0.15, -0.1) is 0 Å². The molecular formula is C24H17F11N2O2. The fourth-order valence-electron chi connectivity index (χ4n) is 3.37. The van der Waals surface area contributed by atoms with Crippen LogP contribution in [-0.4, -0.2) is 35.1 Å². The number of aliphatic hydroxyl groups is 1. The largest absolute Gasteiger partial charge is 0.458 e. The van der Waals surface area contributed by atoms with E-state index in [1.165, 1.54) is 18.2 Å². The van der Waals surface area contributed by atoms with Crippen molar-refractivity contribution in [1.82, 2.24) is 10.3 Å². The van der Waals surface area contributed by atoms with Crippen molar-refractivity contribution in [1.29, 1.82) is 0 Å². The molecule has 2 aromatic carbocycles. The van der Waals surface area contributed by atoms with Gasteiger partial charge in [0, 0.05) is 24.4 Å². The van der Waals surface area contributed by atoms with Crippen LogP contribution in [-0.2, 0) is 12.1 Å². The summed E-state index contributed by atoms with van der Waals surface area (Å²) in [5.74, 6) is -5.76. The van der Waals surface area contributed by atoms with Gasteiger partial charge in [-0.25, -0.2) is 0 Å². The zero-order valence-corrected chi connectivity index (χ0v) is 19.2. The number of hydrogen-bond donors (Lipinski definition) is 2. The predicted octanol–water partition coefficient (Wildman–Crippen LogP) is 7.15. The minimum Gasteiger partial charge on any atom is -0.457 e. The number of aromatic nitrogens is 1. The van der Waals surface area contributed by atoms with E-state index in [-0.39, 0.29) is 22.6 Å². The number of ether oxygens (including phenoxy) is 1. The van der Waals surface area contributed by atoms with Crippen molar-refractivity contribution in [3.05, 3.63) is 89.2 Å². The Kier molecular flexibility index (Phi) is 8.46. The van der Waals surface area contributed by atoms with E-state index in [4.69, 9.17) is 4.74 Å². The quantitative estimate of drug-likeness (QED) is 0.281. The Hall–Kier alpha value is -3.46. The molecule has 0 radical (unpaired) electrons. The lowest BCUT2D eigenvalue weighted by atomic mass is 9.95. The third-order valence-electron chi connectivity index (χ3n) is 5.28. The summed E-state index contributed by atoms with van der Waals surface area (Å²) >= 11 is 0. The lowest BCUT2D eigenvalue weighted by Crippen LogP contribution is -2.40. The second-order valence-electron chi connectivity index (χ2n) is 8.15. The van der Waals surface area contributed by atoms with Crippen molar-refractivity contribution < 1.29 is 58.1 Å². The maximum absolute atomic E-state index is 14.0. The van der Waals surface area contributed by atoms with Gasteiger partial charge in [-0.1, -0.05) is 30.3 Å². The van der Waals surface area contributed by atoms with Gasteiger partial charge in [-0.3, -0.25) is 4.98 Å². The number of hydrogen-bond acceptors (Lipinski definition) is 4. The van der Waals surface area contributed by atoms with Crippen molar-refractivity contribution in [3.63, 3.8) is 0 Å². The van der Waals surface area contributed by atoms with Crippen LogP contribution in [0.2, 0.25) is 0 Å². The average molecular weight is 574 g/mol. The van der Waals surface area contributed by atoms with Crippen LogP contribution < -0.4 is 10.1 Å². The van der Waals surface area contributed by atoms with E-state index in [0.717, 1.165) is 30.5 Å². The summed E-state index contributed by atoms with van der Waals surface area (Å²) in [6.07, 6.45) is -17.9. The van der Waals surface area contributed by atoms with E-state index in [0.29, 0.717) is 18.2 Å². The number of benzene rings is 2. The summed E-state index contributed by atoms with van der Waals surface area (Å²) in [6, 6.07) is 7.91. The first kappa shape index (κ1) is 30.1. The van der Waals surface area contributed by atoms with Crippen molar-refractivity contribution in [3.8, 4) is 11.5 Å². The molecule has 0 amide bonds. The standard InChI is InChI=1S/C24H17F11N2O2/c25-21(26,24(33,34)35)15-5-1-3-13(9-15)20(37-12-19(38)23(30,31)32)14-4-2-6-16(10-14)39-17-7-8-36-18(11-17)22(27,28)29/h1-11,19-20,37-38H,12H2. The van der Waals surface area contributed by atoms with Gasteiger partial charge in [0.05, 0.1) is 6.04 Å². The highest BCUT2D eigenvalue weighted by molar-refractivity contribution is 5.41. The molecule has 3 aromatic rings. The Bertz CT molecular complexity index is 1270. The average Bonchev–Trinajstić information content (AvgIpc) is 2.83. The molecule has 3 rings (SSSR count). The fraction of sp³-hybridized carbons (Fsp3) is 0.292. The van der Waals surface area contributed by atoms with Crippen LogP contribution in [0.3, 0.4) is 0 Å². The van der Waals surface area contributed by atoms with Crippen LogP contribution in [0.25, 0.3) is 0 Å². The lowest BCUT2D eigenvalue weighted by Gasteiger charge is -2.25. The molecule has 15 heteroatoms. The summed E-state index contributed by atoms with van der Waals surface area (Å²) in [5, 5.41) is 11.7. The van der Waals surface area contributed by atoms with E-state index in [2.05, 4.69) is 10.3 Å². The predicted molar refractivity (Wildman–Crippen MR) is 114 cm³/mol. The van der Waals surface area contributed by atoms with Crippen molar-refractivity contribution >= 4 is 0 Å². The smallest absolute Gasteiger partial charge is 0.457 e. The summed E-state index contributed by atoms with van der Waals surface area (Å²) in [5.41, 5.74) is -3.12. The molecule has 0 aliphatic rings. The van der Waals surface area contributed by atoms with Gasteiger partial charge in [0.15, 0.2) is 6.10 Å². The highest BCUT2D eigenvalue weighted by Crippen LogP contribution is 2.44. The molecule has 0 saturated carbocycles. The second kappa shape index (κ2) is 11.0. The Labute approximate surface area is 213 Å². The SMILES string of the molecule is OC(CNC(c1cccc(Oc2ccnc(C(F)(F)F)c2)c1)c1cccc(C(F)(F)C(F)(F)F)c1)C(F)(F)F. The zero-order chi connectivity index (χ0) is 29.2. The number of aliphatic hydroxyl groups excluding tert-OH is 1. The van der Waals surface area contributed by atoms with Gasteiger partial charge < -0.3 is 15.2 Å². The molecule has 0 spiro atoms. The van der Waals surface area contributed by atoms with Gasteiger partial charge in [-0.05, 0) is 35.4 Å². The van der Waals surface area contributed by atoms with E-state index in [9.17, 15) is 53.4 Å². The van der Waals surface area contributed by atoms with E-state index in [1.54, 1.807) is 0 Å². The molecular weight excluding hydrogens is 557 g/mol. The molecule has 0 aliphatic carbocycles. The molecule has 4 nitrogen and oxygen atoms in total. The van der Waals surface area contributed by atoms with E-state index in [1.807, 2.05) is 0 Å². The lowest BCUT2D eigenvalue weighted by molar-refractivity contribution is -0.289. The highest BCUT2D eigenvalue weighted by Gasteiger charge is 2.58. The molecule has 39 heavy (non-hydrogen) atoms. The number of pyridine rings is 1. The van der Waals surface area contributed by atoms with Crippen LogP contribution >= 0.6 is 0 Å². The van der Waals surface area contributed by atoms with Crippen molar-refractivity contribution in [2.45, 2.75) is 36.6 Å². The zero-order valence-electron chi connectivity index (χ0n) is 19.2.